The topological polar surface area (TPSA) is 75.6 Å². The van der Waals surface area contributed by atoms with E-state index in [9.17, 15) is 9.59 Å². The lowest BCUT2D eigenvalue weighted by Crippen LogP contribution is -2.38. The van der Waals surface area contributed by atoms with Crippen molar-refractivity contribution in [1.82, 2.24) is 5.32 Å². The fourth-order valence-corrected chi connectivity index (χ4v) is 0.453. The maximum atomic E-state index is 10.0. The van der Waals surface area contributed by atoms with Crippen molar-refractivity contribution in [2.75, 3.05) is 13.7 Å². The first-order chi connectivity index (χ1) is 4.70. The number of aldehydes is 1. The molecule has 2 N–H and O–H groups in total. The number of nitrogens with one attached hydrogen (secondary N) is 1. The van der Waals surface area contributed by atoms with Gasteiger partial charge in [-0.05, 0) is 0 Å². The second kappa shape index (κ2) is 4.75. The Morgan fingerprint density at radius 3 is 2.80 bits per heavy atom. The van der Waals surface area contributed by atoms with Gasteiger partial charge in [0.15, 0.2) is 0 Å². The number of carbonyl (C=O) groups excluding carboxylic acids is 1. The van der Waals surface area contributed by atoms with Crippen molar-refractivity contribution in [3.8, 4) is 0 Å². The van der Waals surface area contributed by atoms with Crippen LogP contribution in [0.1, 0.15) is 0 Å². The van der Waals surface area contributed by atoms with Crippen LogP contribution in [0.15, 0.2) is 0 Å². The van der Waals surface area contributed by atoms with Gasteiger partial charge in [-0.2, -0.15) is 0 Å². The summed E-state index contributed by atoms with van der Waals surface area (Å²) in [5.74, 6) is 0. The second-order valence-electron chi connectivity index (χ2n) is 1.65. The van der Waals surface area contributed by atoms with Gasteiger partial charge >= 0.3 is 6.09 Å². The summed E-state index contributed by atoms with van der Waals surface area (Å²) in [5, 5.41) is 10.1. The van der Waals surface area contributed by atoms with E-state index in [1.54, 1.807) is 0 Å². The van der Waals surface area contributed by atoms with Crippen LogP contribution < -0.4 is 5.32 Å². The third-order valence-corrected chi connectivity index (χ3v) is 0.819. The minimum atomic E-state index is -1.23. The Labute approximate surface area is 58.0 Å². The highest BCUT2D eigenvalue weighted by atomic mass is 16.5. The van der Waals surface area contributed by atoms with Crippen molar-refractivity contribution in [2.45, 2.75) is 6.04 Å². The third-order valence-electron chi connectivity index (χ3n) is 0.819. The van der Waals surface area contributed by atoms with E-state index in [0.717, 1.165) is 0 Å². The first-order valence-corrected chi connectivity index (χ1v) is 2.64. The van der Waals surface area contributed by atoms with Gasteiger partial charge in [-0.1, -0.05) is 0 Å². The molecule has 0 aromatic carbocycles. The minimum absolute atomic E-state index is 0.0653. The highest BCUT2D eigenvalue weighted by Gasteiger charge is 2.07. The molecule has 5 nitrogen and oxygen atoms in total. The smallest absolute Gasteiger partial charge is 0.405 e. The van der Waals surface area contributed by atoms with E-state index in [2.05, 4.69) is 4.74 Å². The number of amides is 1. The van der Waals surface area contributed by atoms with Crippen molar-refractivity contribution >= 4 is 12.4 Å². The number of methoxy groups -OCH3 is 1. The van der Waals surface area contributed by atoms with E-state index in [-0.39, 0.29) is 6.61 Å². The normalized spacial score (nSPS) is 12.1. The molecule has 0 fully saturated rings. The van der Waals surface area contributed by atoms with E-state index < -0.39 is 12.1 Å². The van der Waals surface area contributed by atoms with Crippen LogP contribution in [0.3, 0.4) is 0 Å². The molecule has 0 rings (SSSR count). The molecule has 10 heavy (non-hydrogen) atoms. The van der Waals surface area contributed by atoms with Gasteiger partial charge in [0.2, 0.25) is 0 Å². The van der Waals surface area contributed by atoms with Crippen LogP contribution in [-0.2, 0) is 9.53 Å². The molecule has 0 saturated carbocycles. The molecule has 0 spiro atoms. The monoisotopic (exact) mass is 147 g/mol. The van der Waals surface area contributed by atoms with Gasteiger partial charge < -0.3 is 20.0 Å². The number of rotatable bonds is 4. The van der Waals surface area contributed by atoms with E-state index in [1.165, 1.54) is 7.11 Å². The highest BCUT2D eigenvalue weighted by Crippen LogP contribution is 1.78. The van der Waals surface area contributed by atoms with Crippen molar-refractivity contribution in [3.63, 3.8) is 0 Å². The number of hydrogen-bond acceptors (Lipinski definition) is 3. The molecule has 0 saturated heterocycles. The predicted octanol–water partition coefficient (Wildman–Crippen LogP) is -0.532. The molecule has 0 heterocycles. The SMILES string of the molecule is COC[C@@H](C=O)NC(=O)O. The van der Waals surface area contributed by atoms with Crippen LogP contribution in [0, 0.1) is 0 Å². The lowest BCUT2D eigenvalue weighted by atomic mass is 10.4. The molecular weight excluding hydrogens is 138 g/mol. The average Bonchev–Trinajstić information content (AvgIpc) is 1.86. The maximum absolute atomic E-state index is 10.0. The number of ether oxygens (including phenoxy) is 1. The fraction of sp³-hybridized carbons (Fsp3) is 0.600. The summed E-state index contributed by atoms with van der Waals surface area (Å²) in [4.78, 5) is 19.9. The Morgan fingerprint density at radius 1 is 1.90 bits per heavy atom. The minimum Gasteiger partial charge on any atom is -0.465 e. The quantitative estimate of drug-likeness (QED) is 0.524. The molecule has 0 aromatic rings. The summed E-state index contributed by atoms with van der Waals surface area (Å²) >= 11 is 0. The number of carboxylic acid groups (broad SMARTS) is 1. The lowest BCUT2D eigenvalue weighted by Gasteiger charge is -2.06. The van der Waals surface area contributed by atoms with Crippen molar-refractivity contribution < 1.29 is 19.4 Å². The zero-order valence-electron chi connectivity index (χ0n) is 5.53. The largest absolute Gasteiger partial charge is 0.465 e. The Hall–Kier alpha value is -1.10. The van der Waals surface area contributed by atoms with Crippen molar-refractivity contribution in [1.29, 1.82) is 0 Å². The van der Waals surface area contributed by atoms with Crippen molar-refractivity contribution in [3.05, 3.63) is 0 Å². The van der Waals surface area contributed by atoms with Gasteiger partial charge in [0.25, 0.3) is 0 Å². The molecule has 58 valence electrons. The van der Waals surface area contributed by atoms with Gasteiger partial charge in [0, 0.05) is 7.11 Å². The molecule has 0 bridgehead atoms. The molecule has 0 aliphatic carbocycles. The van der Waals surface area contributed by atoms with Crippen molar-refractivity contribution in [2.24, 2.45) is 0 Å². The Morgan fingerprint density at radius 2 is 2.50 bits per heavy atom. The molecule has 1 atom stereocenters. The van der Waals surface area contributed by atoms with Gasteiger partial charge in [-0.3, -0.25) is 0 Å². The molecular formula is C5H9NO4. The van der Waals surface area contributed by atoms with Crippen LogP contribution in [0.25, 0.3) is 0 Å². The van der Waals surface area contributed by atoms with Gasteiger partial charge in [0.1, 0.15) is 12.3 Å². The van der Waals surface area contributed by atoms with E-state index in [0.29, 0.717) is 6.29 Å². The van der Waals surface area contributed by atoms with Crippen LogP contribution in [0.4, 0.5) is 4.79 Å². The van der Waals surface area contributed by atoms with Crippen LogP contribution >= 0.6 is 0 Å². The average molecular weight is 147 g/mol. The fourth-order valence-electron chi connectivity index (χ4n) is 0.453. The Kier molecular flexibility index (Phi) is 4.23. The Balaban J connectivity index is 3.59. The number of hydrogen-bond donors (Lipinski definition) is 2. The summed E-state index contributed by atoms with van der Waals surface area (Å²) in [6, 6.07) is -0.762. The number of carbonyl (C=O) groups is 2. The zero-order chi connectivity index (χ0) is 7.98. The lowest BCUT2D eigenvalue weighted by molar-refractivity contribution is -0.110. The first kappa shape index (κ1) is 8.90. The van der Waals surface area contributed by atoms with Crippen LogP contribution in [-0.4, -0.2) is 37.2 Å². The Bertz CT molecular complexity index is 125. The molecule has 0 aliphatic heterocycles. The maximum Gasteiger partial charge on any atom is 0.405 e. The molecule has 0 radical (unpaired) electrons. The summed E-state index contributed by atoms with van der Waals surface area (Å²) in [6.45, 7) is 0.0653. The molecule has 0 aliphatic rings. The second-order valence-corrected chi connectivity index (χ2v) is 1.65. The van der Waals surface area contributed by atoms with Gasteiger partial charge in [-0.25, -0.2) is 4.79 Å². The standard InChI is InChI=1S/C5H9NO4/c1-10-3-4(2-7)6-5(8)9/h2,4,6H,3H2,1H3,(H,8,9)/t4-/m1/s1. The zero-order valence-corrected chi connectivity index (χ0v) is 5.53. The molecule has 5 heteroatoms. The van der Waals surface area contributed by atoms with E-state index in [1.807, 2.05) is 5.32 Å². The van der Waals surface area contributed by atoms with Gasteiger partial charge in [0.05, 0.1) is 6.61 Å². The predicted molar refractivity (Wildman–Crippen MR) is 32.9 cm³/mol. The summed E-state index contributed by atoms with van der Waals surface area (Å²) in [7, 11) is 1.39. The van der Waals surface area contributed by atoms with Crippen LogP contribution in [0.2, 0.25) is 0 Å². The van der Waals surface area contributed by atoms with Gasteiger partial charge in [-0.15, -0.1) is 0 Å². The summed E-state index contributed by atoms with van der Waals surface area (Å²) < 4.78 is 4.54. The molecule has 0 aromatic heterocycles. The summed E-state index contributed by atoms with van der Waals surface area (Å²) in [5.41, 5.74) is 0. The van der Waals surface area contributed by atoms with E-state index >= 15 is 0 Å². The summed E-state index contributed by atoms with van der Waals surface area (Å²) in [6.07, 6.45) is -0.744. The molecule has 1 amide bonds. The van der Waals surface area contributed by atoms with Crippen LogP contribution in [0.5, 0.6) is 0 Å². The van der Waals surface area contributed by atoms with E-state index in [4.69, 9.17) is 5.11 Å². The highest BCUT2D eigenvalue weighted by molar-refractivity contribution is 5.71. The first-order valence-electron chi connectivity index (χ1n) is 2.64. The molecule has 0 unspecified atom stereocenters. The third kappa shape index (κ3) is 3.85.